The smallest absolute Gasteiger partial charge is 0.123 e. The van der Waals surface area contributed by atoms with Gasteiger partial charge in [-0.15, -0.1) is 0 Å². The highest BCUT2D eigenvalue weighted by Crippen LogP contribution is 2.28. The minimum atomic E-state index is -0.204. The summed E-state index contributed by atoms with van der Waals surface area (Å²) in [6.07, 6.45) is 3.60. The van der Waals surface area contributed by atoms with Crippen molar-refractivity contribution in [3.8, 4) is 22.3 Å². The maximum Gasteiger partial charge on any atom is 0.123 e. The van der Waals surface area contributed by atoms with E-state index in [2.05, 4.69) is 102 Å². The van der Waals surface area contributed by atoms with Crippen molar-refractivity contribution in [2.24, 2.45) is 0 Å². The van der Waals surface area contributed by atoms with Gasteiger partial charge in [-0.05, 0) is 93.0 Å². The average Bonchev–Trinajstić information content (AvgIpc) is 3.94. The summed E-state index contributed by atoms with van der Waals surface area (Å²) >= 11 is 0. The maximum atomic E-state index is 13.4. The first-order valence-electron chi connectivity index (χ1n) is 23.1. The first-order valence-corrected chi connectivity index (χ1v) is 23.1. The number of hydrogen-bond donors (Lipinski definition) is 2. The number of halogens is 2. The Kier molecular flexibility index (Phi) is 15.9. The van der Waals surface area contributed by atoms with E-state index in [-0.39, 0.29) is 30.3 Å². The van der Waals surface area contributed by atoms with E-state index in [0.29, 0.717) is 13.1 Å². The van der Waals surface area contributed by atoms with Gasteiger partial charge in [0.25, 0.3) is 0 Å². The van der Waals surface area contributed by atoms with E-state index in [9.17, 15) is 19.0 Å². The Morgan fingerprint density at radius 1 is 0.433 bits per heavy atom. The summed E-state index contributed by atoms with van der Waals surface area (Å²) in [5, 5.41) is 18.4. The number of aliphatic hydroxyl groups excluding tert-OH is 2. The van der Waals surface area contributed by atoms with E-state index in [1.165, 1.54) is 57.6 Å². The normalized spacial score (nSPS) is 15.1. The van der Waals surface area contributed by atoms with Crippen LogP contribution in [0.15, 0.2) is 146 Å². The first-order chi connectivity index (χ1) is 32.4. The fourth-order valence-electron chi connectivity index (χ4n) is 9.34. The maximum absolute atomic E-state index is 13.4. The quantitative estimate of drug-likeness (QED) is 0.115. The van der Waals surface area contributed by atoms with Gasteiger partial charge in [-0.2, -0.15) is 0 Å². The first kappa shape index (κ1) is 47.3. The van der Waals surface area contributed by atoms with Gasteiger partial charge in [-0.3, -0.25) is 19.6 Å². The molecule has 8 aromatic rings. The van der Waals surface area contributed by atoms with Crippen LogP contribution in [0, 0.1) is 11.6 Å². The predicted octanol–water partition coefficient (Wildman–Crippen LogP) is 7.48. The van der Waals surface area contributed by atoms with Crippen LogP contribution in [-0.2, 0) is 39.3 Å². The molecule has 10 rings (SSSR count). The third kappa shape index (κ3) is 11.9. The van der Waals surface area contributed by atoms with E-state index in [1.807, 2.05) is 45.5 Å². The lowest BCUT2D eigenvalue weighted by atomic mass is 9.99. The Balaban J connectivity index is 0.000000179. The fourth-order valence-corrected chi connectivity index (χ4v) is 9.34. The van der Waals surface area contributed by atoms with Gasteiger partial charge < -0.3 is 24.8 Å². The molecule has 2 aliphatic heterocycles. The Morgan fingerprint density at radius 2 is 0.791 bits per heavy atom. The van der Waals surface area contributed by atoms with Gasteiger partial charge in [-0.1, -0.05) is 84.9 Å². The molecule has 13 heteroatoms. The third-order valence-corrected chi connectivity index (χ3v) is 12.9. The highest BCUT2D eigenvalue weighted by molar-refractivity contribution is 5.77. The van der Waals surface area contributed by atoms with Crippen LogP contribution in [0.3, 0.4) is 0 Å². The van der Waals surface area contributed by atoms with E-state index >= 15 is 0 Å². The third-order valence-electron chi connectivity index (χ3n) is 12.9. The van der Waals surface area contributed by atoms with Crippen LogP contribution < -0.4 is 0 Å². The van der Waals surface area contributed by atoms with Gasteiger partial charge in [0, 0.05) is 91.6 Å². The molecule has 0 saturated carbocycles. The molecular formula is C54H60F2N8O3. The molecule has 4 N–H and O–H groups in total. The van der Waals surface area contributed by atoms with E-state index in [1.54, 1.807) is 12.7 Å². The molecule has 2 aliphatic rings. The van der Waals surface area contributed by atoms with Gasteiger partial charge in [0.1, 0.15) is 11.6 Å². The highest BCUT2D eigenvalue weighted by Gasteiger charge is 2.21. The molecule has 4 heterocycles. The lowest BCUT2D eigenvalue weighted by Crippen LogP contribution is -2.45. The molecule has 348 valence electrons. The Morgan fingerprint density at radius 3 is 1.16 bits per heavy atom. The van der Waals surface area contributed by atoms with Gasteiger partial charge in [0.2, 0.25) is 0 Å². The Bertz CT molecular complexity index is 2620. The number of aromatic nitrogens is 4. The van der Waals surface area contributed by atoms with Crippen LogP contribution in [-0.4, -0.2) is 120 Å². The zero-order chi connectivity index (χ0) is 45.2. The molecule has 0 spiro atoms. The summed E-state index contributed by atoms with van der Waals surface area (Å²) < 4.78 is 30.7. The van der Waals surface area contributed by atoms with Crippen molar-refractivity contribution in [1.82, 2.24) is 38.7 Å². The number of aliphatic hydroxyl groups is 2. The molecule has 2 fully saturated rings. The topological polar surface area (TPSA) is 121 Å². The second kappa shape index (κ2) is 22.6. The molecule has 67 heavy (non-hydrogen) atoms. The molecule has 11 nitrogen and oxygen atoms in total. The summed E-state index contributed by atoms with van der Waals surface area (Å²) in [7, 11) is 0. The van der Waals surface area contributed by atoms with E-state index < -0.39 is 0 Å². The van der Waals surface area contributed by atoms with E-state index in [0.717, 1.165) is 112 Å². The van der Waals surface area contributed by atoms with Crippen LogP contribution in [0.4, 0.5) is 8.78 Å². The summed E-state index contributed by atoms with van der Waals surface area (Å²) in [5.41, 5.74) is 13.7. The van der Waals surface area contributed by atoms with Crippen molar-refractivity contribution in [1.29, 1.82) is 0 Å². The van der Waals surface area contributed by atoms with Gasteiger partial charge >= 0.3 is 0 Å². The second-order valence-corrected chi connectivity index (χ2v) is 17.4. The minimum absolute atomic E-state index is 0. The zero-order valence-corrected chi connectivity index (χ0v) is 37.9. The second-order valence-electron chi connectivity index (χ2n) is 17.4. The summed E-state index contributed by atoms with van der Waals surface area (Å²) in [4.78, 5) is 19.0. The lowest BCUT2D eigenvalue weighted by Gasteiger charge is -2.35. The molecule has 0 unspecified atom stereocenters. The average molecular weight is 907 g/mol. The van der Waals surface area contributed by atoms with Crippen LogP contribution in [0.25, 0.3) is 44.3 Å². The van der Waals surface area contributed by atoms with Gasteiger partial charge in [0.05, 0.1) is 47.9 Å². The molecule has 2 saturated heterocycles. The van der Waals surface area contributed by atoms with Crippen molar-refractivity contribution in [2.45, 2.75) is 39.3 Å². The number of rotatable bonds is 14. The van der Waals surface area contributed by atoms with Crippen LogP contribution in [0.5, 0.6) is 0 Å². The molecule has 0 amide bonds. The van der Waals surface area contributed by atoms with E-state index in [4.69, 9.17) is 0 Å². The van der Waals surface area contributed by atoms with Crippen molar-refractivity contribution in [3.05, 3.63) is 180 Å². The summed E-state index contributed by atoms with van der Waals surface area (Å²) in [6, 6.07) is 43.3. The molecule has 0 aliphatic carbocycles. The number of benzene rings is 6. The Labute approximate surface area is 391 Å². The Hall–Kier alpha value is -6.16. The molecule has 0 radical (unpaired) electrons. The number of imidazole rings is 2. The molecule has 6 aromatic carbocycles. The van der Waals surface area contributed by atoms with Crippen molar-refractivity contribution in [3.63, 3.8) is 0 Å². The largest absolute Gasteiger partial charge is 0.412 e. The number of hydrogen-bond acceptors (Lipinski definition) is 8. The van der Waals surface area contributed by atoms with Gasteiger partial charge in [-0.25, -0.2) is 18.7 Å². The predicted molar refractivity (Wildman–Crippen MR) is 262 cm³/mol. The summed E-state index contributed by atoms with van der Waals surface area (Å²) in [5.74, 6) is -0.407. The zero-order valence-electron chi connectivity index (χ0n) is 37.9. The monoisotopic (exact) mass is 906 g/mol. The number of nitrogens with zero attached hydrogens (tertiary/aromatic N) is 8. The van der Waals surface area contributed by atoms with Crippen molar-refractivity contribution >= 4 is 22.1 Å². The number of fused-ring (bicyclic) bond motifs is 2. The standard InChI is InChI=1S/2C27H29FN4O.H2O/c2*28-24-8-6-22(7-9-24)25-4-2-1-3-23(25)19-31-13-11-30(12-14-31)18-21-5-10-27-26(17-21)29-20-32(27)15-16-33;/h2*1-10,17,20,33H,11-16,18-19H2;1H2. The minimum Gasteiger partial charge on any atom is -0.412 e. The molecule has 2 aromatic heterocycles. The van der Waals surface area contributed by atoms with Crippen LogP contribution >= 0.6 is 0 Å². The van der Waals surface area contributed by atoms with Gasteiger partial charge in [0.15, 0.2) is 0 Å². The number of piperazine rings is 2. The SMILES string of the molecule is O.OCCn1cnc2cc(CN3CCN(Cc4ccccc4-c4ccc(F)cc4)CC3)ccc21.OCCn1cnc2cc(CN3CCN(Cc4ccccc4-c4ccc(F)cc4)CC3)ccc21. The lowest BCUT2D eigenvalue weighted by molar-refractivity contribution is 0.122. The molecule has 0 atom stereocenters. The van der Waals surface area contributed by atoms with Crippen molar-refractivity contribution in [2.75, 3.05) is 65.6 Å². The van der Waals surface area contributed by atoms with Crippen LogP contribution in [0.2, 0.25) is 0 Å². The fraction of sp³-hybridized carbons (Fsp3) is 0.296. The summed E-state index contributed by atoms with van der Waals surface area (Å²) in [6.45, 7) is 13.2. The molecule has 0 bridgehead atoms. The van der Waals surface area contributed by atoms with Crippen LogP contribution in [0.1, 0.15) is 22.3 Å². The van der Waals surface area contributed by atoms with Crippen molar-refractivity contribution < 1.29 is 24.5 Å². The molecular weight excluding hydrogens is 847 g/mol. The highest BCUT2D eigenvalue weighted by atomic mass is 19.1.